The van der Waals surface area contributed by atoms with Gasteiger partial charge >= 0.3 is 5.97 Å². The first-order valence-electron chi connectivity index (χ1n) is 6.29. The van der Waals surface area contributed by atoms with E-state index in [1.54, 1.807) is 24.1 Å². The second-order valence-corrected chi connectivity index (χ2v) is 6.32. The zero-order valence-corrected chi connectivity index (χ0v) is 13.1. The monoisotopic (exact) mass is 315 g/mol. The molecule has 0 saturated heterocycles. The molecule has 110 valence electrons. The fourth-order valence-corrected chi connectivity index (χ4v) is 2.76. The molecule has 0 spiro atoms. The molecule has 0 saturated carbocycles. The van der Waals surface area contributed by atoms with Crippen LogP contribution >= 0.6 is 23.4 Å². The summed E-state index contributed by atoms with van der Waals surface area (Å²) in [4.78, 5) is 25.1. The van der Waals surface area contributed by atoms with Crippen LogP contribution < -0.4 is 0 Å². The fourth-order valence-electron chi connectivity index (χ4n) is 1.66. The SMILES string of the molecule is CC(Sc1ccc(Cl)cc1)C(=O)N(C)CCCC(=O)O. The number of carbonyl (C=O) groups is 2. The number of carbonyl (C=O) groups excluding carboxylic acids is 1. The Morgan fingerprint density at radius 3 is 2.50 bits per heavy atom. The molecule has 0 aliphatic carbocycles. The van der Waals surface area contributed by atoms with Gasteiger partial charge in [0.2, 0.25) is 5.91 Å². The lowest BCUT2D eigenvalue weighted by atomic mass is 10.3. The molecule has 0 aromatic heterocycles. The predicted molar refractivity (Wildman–Crippen MR) is 81.3 cm³/mol. The number of thioether (sulfide) groups is 1. The molecule has 1 amide bonds. The molecule has 0 fully saturated rings. The average Bonchev–Trinajstić information content (AvgIpc) is 2.39. The third kappa shape index (κ3) is 5.84. The highest BCUT2D eigenvalue weighted by molar-refractivity contribution is 8.00. The van der Waals surface area contributed by atoms with Gasteiger partial charge in [0.15, 0.2) is 0 Å². The van der Waals surface area contributed by atoms with Gasteiger partial charge in [-0.05, 0) is 37.6 Å². The van der Waals surface area contributed by atoms with Gasteiger partial charge in [0, 0.05) is 29.9 Å². The van der Waals surface area contributed by atoms with E-state index >= 15 is 0 Å². The third-order valence-electron chi connectivity index (χ3n) is 2.73. The van der Waals surface area contributed by atoms with Crippen molar-refractivity contribution >= 4 is 35.2 Å². The minimum atomic E-state index is -0.838. The van der Waals surface area contributed by atoms with E-state index in [0.29, 0.717) is 18.0 Å². The van der Waals surface area contributed by atoms with E-state index in [9.17, 15) is 9.59 Å². The van der Waals surface area contributed by atoms with Crippen molar-refractivity contribution in [2.24, 2.45) is 0 Å². The molecular weight excluding hydrogens is 298 g/mol. The molecular formula is C14H18ClNO3S. The number of hydrogen-bond acceptors (Lipinski definition) is 3. The number of carboxylic acids is 1. The van der Waals surface area contributed by atoms with E-state index in [0.717, 1.165) is 4.90 Å². The van der Waals surface area contributed by atoms with Gasteiger partial charge < -0.3 is 10.0 Å². The number of benzene rings is 1. The maximum Gasteiger partial charge on any atom is 0.303 e. The number of halogens is 1. The number of nitrogens with zero attached hydrogens (tertiary/aromatic N) is 1. The summed E-state index contributed by atoms with van der Waals surface area (Å²) in [6, 6.07) is 7.33. The maximum atomic E-state index is 12.1. The minimum Gasteiger partial charge on any atom is -0.481 e. The Morgan fingerprint density at radius 2 is 1.95 bits per heavy atom. The number of hydrogen-bond donors (Lipinski definition) is 1. The Kier molecular flexibility index (Phi) is 6.88. The van der Waals surface area contributed by atoms with Crippen LogP contribution in [0.4, 0.5) is 0 Å². The van der Waals surface area contributed by atoms with Gasteiger partial charge in [-0.25, -0.2) is 0 Å². The highest BCUT2D eigenvalue weighted by atomic mass is 35.5. The van der Waals surface area contributed by atoms with Crippen molar-refractivity contribution in [3.8, 4) is 0 Å². The van der Waals surface area contributed by atoms with E-state index in [2.05, 4.69) is 0 Å². The summed E-state index contributed by atoms with van der Waals surface area (Å²) in [5.41, 5.74) is 0. The molecule has 1 aromatic carbocycles. The van der Waals surface area contributed by atoms with E-state index < -0.39 is 5.97 Å². The first-order chi connectivity index (χ1) is 9.40. The van der Waals surface area contributed by atoms with Crippen LogP contribution in [-0.2, 0) is 9.59 Å². The van der Waals surface area contributed by atoms with Crippen LogP contribution in [0.5, 0.6) is 0 Å². The van der Waals surface area contributed by atoms with Gasteiger partial charge in [-0.3, -0.25) is 9.59 Å². The molecule has 0 heterocycles. The predicted octanol–water partition coefficient (Wildman–Crippen LogP) is 3.14. The highest BCUT2D eigenvalue weighted by Gasteiger charge is 2.18. The van der Waals surface area contributed by atoms with Crippen molar-refractivity contribution in [1.29, 1.82) is 0 Å². The normalized spacial score (nSPS) is 11.9. The van der Waals surface area contributed by atoms with Crippen molar-refractivity contribution in [3.63, 3.8) is 0 Å². The molecule has 20 heavy (non-hydrogen) atoms. The molecule has 6 heteroatoms. The molecule has 1 aromatic rings. The lowest BCUT2D eigenvalue weighted by Crippen LogP contribution is -2.34. The van der Waals surface area contributed by atoms with Gasteiger partial charge in [0.25, 0.3) is 0 Å². The van der Waals surface area contributed by atoms with Gasteiger partial charge in [0.05, 0.1) is 5.25 Å². The Morgan fingerprint density at radius 1 is 1.35 bits per heavy atom. The maximum absolute atomic E-state index is 12.1. The molecule has 4 nitrogen and oxygen atoms in total. The Labute approximate surface area is 128 Å². The molecule has 1 N–H and O–H groups in total. The summed E-state index contributed by atoms with van der Waals surface area (Å²) in [6.07, 6.45) is 0.548. The summed E-state index contributed by atoms with van der Waals surface area (Å²) in [5.74, 6) is -0.843. The Hall–Kier alpha value is -1.20. The van der Waals surface area contributed by atoms with Gasteiger partial charge in [-0.1, -0.05) is 11.6 Å². The van der Waals surface area contributed by atoms with Crippen LogP contribution in [0.25, 0.3) is 0 Å². The topological polar surface area (TPSA) is 57.6 Å². The molecule has 0 aliphatic heterocycles. The van der Waals surface area contributed by atoms with Crippen molar-refractivity contribution < 1.29 is 14.7 Å². The van der Waals surface area contributed by atoms with Gasteiger partial charge in [0.1, 0.15) is 0 Å². The average molecular weight is 316 g/mol. The molecule has 1 rings (SSSR count). The van der Waals surface area contributed by atoms with E-state index in [1.165, 1.54) is 11.8 Å². The zero-order chi connectivity index (χ0) is 15.1. The summed E-state index contributed by atoms with van der Waals surface area (Å²) in [6.45, 7) is 2.30. The molecule has 0 bridgehead atoms. The van der Waals surface area contributed by atoms with Crippen molar-refractivity contribution in [2.75, 3.05) is 13.6 Å². The zero-order valence-electron chi connectivity index (χ0n) is 11.5. The molecule has 0 aliphatic rings. The van der Waals surface area contributed by atoms with Crippen molar-refractivity contribution in [3.05, 3.63) is 29.3 Å². The quantitative estimate of drug-likeness (QED) is 0.785. The van der Waals surface area contributed by atoms with E-state index in [4.69, 9.17) is 16.7 Å². The Bertz CT molecular complexity index is 464. The molecule has 1 unspecified atom stereocenters. The summed E-state index contributed by atoms with van der Waals surface area (Å²) in [7, 11) is 1.70. The smallest absolute Gasteiger partial charge is 0.303 e. The number of aliphatic carboxylic acids is 1. The second kappa shape index (κ2) is 8.17. The van der Waals surface area contributed by atoms with Crippen LogP contribution in [0.1, 0.15) is 19.8 Å². The summed E-state index contributed by atoms with van der Waals surface area (Å²) in [5, 5.41) is 9.02. The summed E-state index contributed by atoms with van der Waals surface area (Å²) >= 11 is 7.27. The molecule has 0 radical (unpaired) electrons. The van der Waals surface area contributed by atoms with Crippen molar-refractivity contribution in [1.82, 2.24) is 4.90 Å². The van der Waals surface area contributed by atoms with Gasteiger partial charge in [-0.2, -0.15) is 0 Å². The largest absolute Gasteiger partial charge is 0.481 e. The standard InChI is InChI=1S/C14H18ClNO3S/c1-10(20-12-7-5-11(15)6-8-12)14(19)16(2)9-3-4-13(17)18/h5-8,10H,3-4,9H2,1-2H3,(H,17,18). The van der Waals surface area contributed by atoms with Crippen LogP contribution in [0, 0.1) is 0 Å². The lowest BCUT2D eigenvalue weighted by molar-refractivity contribution is -0.137. The van der Waals surface area contributed by atoms with Crippen LogP contribution in [0.15, 0.2) is 29.2 Å². The minimum absolute atomic E-state index is 0.00432. The third-order valence-corrected chi connectivity index (χ3v) is 4.09. The summed E-state index contributed by atoms with van der Waals surface area (Å²) < 4.78 is 0. The van der Waals surface area contributed by atoms with Crippen LogP contribution in [-0.4, -0.2) is 40.7 Å². The number of carboxylic acid groups (broad SMARTS) is 1. The second-order valence-electron chi connectivity index (χ2n) is 4.47. The molecule has 1 atom stereocenters. The highest BCUT2D eigenvalue weighted by Crippen LogP contribution is 2.25. The van der Waals surface area contributed by atoms with Crippen molar-refractivity contribution in [2.45, 2.75) is 29.9 Å². The van der Waals surface area contributed by atoms with Crippen LogP contribution in [0.2, 0.25) is 5.02 Å². The van der Waals surface area contributed by atoms with E-state index in [1.807, 2.05) is 19.1 Å². The number of rotatable bonds is 7. The number of amides is 1. The van der Waals surface area contributed by atoms with E-state index in [-0.39, 0.29) is 17.6 Å². The lowest BCUT2D eigenvalue weighted by Gasteiger charge is -2.20. The van der Waals surface area contributed by atoms with Gasteiger partial charge in [-0.15, -0.1) is 11.8 Å². The Balaban J connectivity index is 2.45. The fraction of sp³-hybridized carbons (Fsp3) is 0.429. The first-order valence-corrected chi connectivity index (χ1v) is 7.55. The first kappa shape index (κ1) is 16.9. The van der Waals surface area contributed by atoms with Crippen LogP contribution in [0.3, 0.4) is 0 Å².